The predicted octanol–water partition coefficient (Wildman–Crippen LogP) is 3.80. The number of benzene rings is 2. The van der Waals surface area contributed by atoms with Crippen molar-refractivity contribution in [3.8, 4) is 0 Å². The Kier molecular flexibility index (Phi) is 6.40. The zero-order valence-electron chi connectivity index (χ0n) is 15.7. The predicted molar refractivity (Wildman–Crippen MR) is 112 cm³/mol. The molecule has 1 unspecified atom stereocenters. The number of amides is 2. The Balaban J connectivity index is 1.58. The number of hydrogen-bond acceptors (Lipinski definition) is 4. The number of aryl methyl sites for hydroxylation is 1. The van der Waals surface area contributed by atoms with E-state index in [4.69, 9.17) is 0 Å². The van der Waals surface area contributed by atoms with Crippen LogP contribution in [0.1, 0.15) is 34.8 Å². The summed E-state index contributed by atoms with van der Waals surface area (Å²) in [6, 6.07) is 13.5. The molecule has 2 amide bonds. The molecule has 0 bridgehead atoms. The van der Waals surface area contributed by atoms with Gasteiger partial charge in [-0.1, -0.05) is 36.8 Å². The van der Waals surface area contributed by atoms with Crippen LogP contribution in [0.4, 0.5) is 11.4 Å². The number of fused-ring (bicyclic) bond motifs is 1. The van der Waals surface area contributed by atoms with Gasteiger partial charge in [0, 0.05) is 23.6 Å². The van der Waals surface area contributed by atoms with Gasteiger partial charge in [-0.3, -0.25) is 9.59 Å². The highest BCUT2D eigenvalue weighted by Gasteiger charge is 2.25. The molecule has 0 saturated carbocycles. The van der Waals surface area contributed by atoms with Gasteiger partial charge in [0.1, 0.15) is 6.04 Å². The van der Waals surface area contributed by atoms with Crippen LogP contribution in [0.3, 0.4) is 0 Å². The number of carbonyl (C=O) groups is 2. The second-order valence-corrected chi connectivity index (χ2v) is 7.73. The zero-order chi connectivity index (χ0) is 19.2. The van der Waals surface area contributed by atoms with Crippen molar-refractivity contribution in [1.82, 2.24) is 5.32 Å². The van der Waals surface area contributed by atoms with Crippen LogP contribution in [-0.4, -0.2) is 30.2 Å². The van der Waals surface area contributed by atoms with E-state index in [0.29, 0.717) is 23.5 Å². The maximum absolute atomic E-state index is 12.4. The molecule has 0 aromatic heterocycles. The van der Waals surface area contributed by atoms with Gasteiger partial charge in [-0.15, -0.1) is 0 Å². The summed E-state index contributed by atoms with van der Waals surface area (Å²) < 4.78 is 0. The van der Waals surface area contributed by atoms with E-state index in [1.54, 1.807) is 23.9 Å². The molecule has 1 heterocycles. The van der Waals surface area contributed by atoms with Crippen LogP contribution >= 0.6 is 11.8 Å². The van der Waals surface area contributed by atoms with Gasteiger partial charge in [0.15, 0.2) is 0 Å². The third-order valence-corrected chi connectivity index (χ3v) is 5.50. The lowest BCUT2D eigenvalue weighted by Crippen LogP contribution is -2.40. The number of nitrogens with one attached hydrogen (secondary N) is 3. The zero-order valence-corrected chi connectivity index (χ0v) is 16.5. The molecule has 3 rings (SSSR count). The number of rotatable bonds is 7. The van der Waals surface area contributed by atoms with E-state index in [9.17, 15) is 9.59 Å². The maximum atomic E-state index is 12.4. The minimum Gasteiger partial charge on any atom is -0.371 e. The van der Waals surface area contributed by atoms with Crippen molar-refractivity contribution in [2.75, 3.05) is 22.9 Å². The maximum Gasteiger partial charge on any atom is 0.251 e. The SMILES string of the molecule is CCCNC(=O)c1ccc2c(c1)NC(=O)C(CSCc1ccc(C)cc1)N2. The molecular formula is C21H25N3O2S. The van der Waals surface area contributed by atoms with Crippen molar-refractivity contribution < 1.29 is 9.59 Å². The second-order valence-electron chi connectivity index (χ2n) is 6.70. The van der Waals surface area contributed by atoms with E-state index in [-0.39, 0.29) is 17.9 Å². The highest BCUT2D eigenvalue weighted by Crippen LogP contribution is 2.29. The lowest BCUT2D eigenvalue weighted by atomic mass is 10.1. The van der Waals surface area contributed by atoms with Gasteiger partial charge in [0.2, 0.25) is 5.91 Å². The van der Waals surface area contributed by atoms with Crippen LogP contribution in [0.15, 0.2) is 42.5 Å². The highest BCUT2D eigenvalue weighted by atomic mass is 32.2. The molecule has 27 heavy (non-hydrogen) atoms. The Morgan fingerprint density at radius 3 is 2.67 bits per heavy atom. The molecule has 0 radical (unpaired) electrons. The average molecular weight is 384 g/mol. The standard InChI is InChI=1S/C21H25N3O2S/c1-3-10-22-20(25)16-8-9-17-18(11-16)24-21(26)19(23-17)13-27-12-15-6-4-14(2)5-7-15/h4-9,11,19,23H,3,10,12-13H2,1-2H3,(H,22,25)(H,24,26). The Hall–Kier alpha value is -2.47. The van der Waals surface area contributed by atoms with E-state index < -0.39 is 0 Å². The number of carbonyl (C=O) groups excluding carboxylic acids is 2. The topological polar surface area (TPSA) is 70.2 Å². The molecule has 1 aliphatic rings. The molecule has 0 aliphatic carbocycles. The first-order valence-electron chi connectivity index (χ1n) is 9.19. The number of anilines is 2. The summed E-state index contributed by atoms with van der Waals surface area (Å²) in [5.74, 6) is 1.36. The van der Waals surface area contributed by atoms with Gasteiger partial charge in [0.25, 0.3) is 5.91 Å². The fourth-order valence-electron chi connectivity index (χ4n) is 2.82. The number of hydrogen-bond donors (Lipinski definition) is 3. The minimum absolute atomic E-state index is 0.0648. The Morgan fingerprint density at radius 1 is 1.15 bits per heavy atom. The van der Waals surface area contributed by atoms with E-state index in [0.717, 1.165) is 17.9 Å². The molecule has 2 aromatic carbocycles. The van der Waals surface area contributed by atoms with Gasteiger partial charge < -0.3 is 16.0 Å². The van der Waals surface area contributed by atoms with Crippen LogP contribution < -0.4 is 16.0 Å². The molecule has 0 saturated heterocycles. The van der Waals surface area contributed by atoms with Gasteiger partial charge in [-0.05, 0) is 37.1 Å². The fourth-order valence-corrected chi connectivity index (χ4v) is 3.84. The summed E-state index contributed by atoms with van der Waals surface area (Å²) in [6.45, 7) is 4.72. The van der Waals surface area contributed by atoms with Crippen molar-refractivity contribution in [1.29, 1.82) is 0 Å². The summed E-state index contributed by atoms with van der Waals surface area (Å²) in [5.41, 5.74) is 4.56. The lowest BCUT2D eigenvalue weighted by molar-refractivity contribution is -0.116. The van der Waals surface area contributed by atoms with Crippen molar-refractivity contribution in [3.63, 3.8) is 0 Å². The molecule has 6 heteroatoms. The van der Waals surface area contributed by atoms with Crippen LogP contribution in [0.2, 0.25) is 0 Å². The van der Waals surface area contributed by atoms with E-state index >= 15 is 0 Å². The quantitative estimate of drug-likeness (QED) is 0.680. The average Bonchev–Trinajstić information content (AvgIpc) is 2.67. The van der Waals surface area contributed by atoms with E-state index in [1.165, 1.54) is 11.1 Å². The first kappa shape index (κ1) is 19.3. The monoisotopic (exact) mass is 383 g/mol. The molecule has 5 nitrogen and oxygen atoms in total. The molecule has 0 fully saturated rings. The molecular weight excluding hydrogens is 358 g/mol. The Bertz CT molecular complexity index is 821. The second kappa shape index (κ2) is 8.95. The molecule has 2 aromatic rings. The molecule has 1 atom stereocenters. The summed E-state index contributed by atoms with van der Waals surface area (Å²) in [4.78, 5) is 24.5. The molecule has 0 spiro atoms. The minimum atomic E-state index is -0.285. The van der Waals surface area contributed by atoms with Crippen LogP contribution in [-0.2, 0) is 10.5 Å². The third-order valence-electron chi connectivity index (χ3n) is 4.40. The van der Waals surface area contributed by atoms with Gasteiger partial charge in [-0.25, -0.2) is 0 Å². The van der Waals surface area contributed by atoms with Gasteiger partial charge in [0.05, 0.1) is 11.4 Å². The third kappa shape index (κ3) is 5.04. The Labute approximate surface area is 164 Å². The molecule has 3 N–H and O–H groups in total. The highest BCUT2D eigenvalue weighted by molar-refractivity contribution is 7.98. The fraction of sp³-hybridized carbons (Fsp3) is 0.333. The lowest BCUT2D eigenvalue weighted by Gasteiger charge is -2.27. The van der Waals surface area contributed by atoms with Crippen molar-refractivity contribution in [2.45, 2.75) is 32.1 Å². The number of thioether (sulfide) groups is 1. The van der Waals surface area contributed by atoms with E-state index in [2.05, 4.69) is 47.1 Å². The smallest absolute Gasteiger partial charge is 0.251 e. The summed E-state index contributed by atoms with van der Waals surface area (Å²) >= 11 is 1.73. The van der Waals surface area contributed by atoms with Gasteiger partial charge in [-0.2, -0.15) is 11.8 Å². The Morgan fingerprint density at radius 2 is 1.93 bits per heavy atom. The summed E-state index contributed by atoms with van der Waals surface area (Å²) in [6.07, 6.45) is 0.886. The van der Waals surface area contributed by atoms with Gasteiger partial charge >= 0.3 is 0 Å². The van der Waals surface area contributed by atoms with Crippen LogP contribution in [0.5, 0.6) is 0 Å². The van der Waals surface area contributed by atoms with E-state index in [1.807, 2.05) is 13.0 Å². The first-order chi connectivity index (χ1) is 13.1. The molecule has 142 valence electrons. The first-order valence-corrected chi connectivity index (χ1v) is 10.3. The van der Waals surface area contributed by atoms with Crippen molar-refractivity contribution in [3.05, 3.63) is 59.2 Å². The summed E-state index contributed by atoms with van der Waals surface area (Å²) in [7, 11) is 0. The van der Waals surface area contributed by atoms with Crippen molar-refractivity contribution >= 4 is 35.0 Å². The van der Waals surface area contributed by atoms with Crippen molar-refractivity contribution in [2.24, 2.45) is 0 Å². The summed E-state index contributed by atoms with van der Waals surface area (Å²) in [5, 5.41) is 9.06. The van der Waals surface area contributed by atoms with Crippen LogP contribution in [0, 0.1) is 6.92 Å². The van der Waals surface area contributed by atoms with Crippen LogP contribution in [0.25, 0.3) is 0 Å². The normalized spacial score (nSPS) is 15.5. The molecule has 1 aliphatic heterocycles. The largest absolute Gasteiger partial charge is 0.371 e.